The molecule has 2 rings (SSSR count). The second kappa shape index (κ2) is 7.09. The molecule has 0 unspecified atom stereocenters. The number of rotatable bonds is 7. The normalized spacial score (nSPS) is 10.4. The van der Waals surface area contributed by atoms with Crippen molar-refractivity contribution in [2.24, 2.45) is 0 Å². The summed E-state index contributed by atoms with van der Waals surface area (Å²) in [6.07, 6.45) is 3.95. The number of hydrogen-bond acceptors (Lipinski definition) is 5. The molecule has 0 aliphatic rings. The van der Waals surface area contributed by atoms with Crippen LogP contribution in [-0.4, -0.2) is 23.1 Å². The molecular formula is C14H20N4S. The summed E-state index contributed by atoms with van der Waals surface area (Å²) >= 11 is 1.79. The Bertz CT molecular complexity index is 496. The zero-order chi connectivity index (χ0) is 13.5. The Labute approximate surface area is 118 Å². The summed E-state index contributed by atoms with van der Waals surface area (Å²) in [5, 5.41) is 8.70. The molecule has 2 N–H and O–H groups in total. The van der Waals surface area contributed by atoms with E-state index in [1.165, 1.54) is 4.88 Å². The average molecular weight is 276 g/mol. The van der Waals surface area contributed by atoms with Crippen LogP contribution in [0.25, 0.3) is 0 Å². The van der Waals surface area contributed by atoms with Gasteiger partial charge in [0.15, 0.2) is 0 Å². The van der Waals surface area contributed by atoms with Crippen LogP contribution in [0, 0.1) is 6.92 Å². The smallest absolute Gasteiger partial charge is 0.224 e. The molecule has 102 valence electrons. The van der Waals surface area contributed by atoms with Crippen molar-refractivity contribution in [2.45, 2.75) is 26.7 Å². The lowest BCUT2D eigenvalue weighted by molar-refractivity contribution is 0.944. The third-order valence-electron chi connectivity index (χ3n) is 2.75. The number of aryl methyl sites for hydroxylation is 1. The van der Waals surface area contributed by atoms with Crippen molar-refractivity contribution in [3.63, 3.8) is 0 Å². The summed E-state index contributed by atoms with van der Waals surface area (Å²) < 4.78 is 0. The number of anilines is 2. The molecule has 0 aliphatic carbocycles. The molecule has 4 nitrogen and oxygen atoms in total. The molecule has 0 aromatic carbocycles. The maximum Gasteiger partial charge on any atom is 0.224 e. The van der Waals surface area contributed by atoms with Crippen LogP contribution in [0.2, 0.25) is 0 Å². The maximum atomic E-state index is 4.50. The average Bonchev–Trinajstić information content (AvgIpc) is 2.92. The van der Waals surface area contributed by atoms with E-state index < -0.39 is 0 Å². The van der Waals surface area contributed by atoms with Gasteiger partial charge in [0.2, 0.25) is 5.95 Å². The lowest BCUT2D eigenvalue weighted by Crippen LogP contribution is -2.10. The fourth-order valence-corrected chi connectivity index (χ4v) is 2.41. The van der Waals surface area contributed by atoms with Gasteiger partial charge in [0.25, 0.3) is 0 Å². The van der Waals surface area contributed by atoms with Crippen molar-refractivity contribution in [2.75, 3.05) is 23.7 Å². The molecule has 0 fully saturated rings. The highest BCUT2D eigenvalue weighted by Gasteiger charge is 2.03. The molecule has 0 atom stereocenters. The van der Waals surface area contributed by atoms with E-state index in [1.807, 2.05) is 13.1 Å². The molecule has 5 heteroatoms. The minimum atomic E-state index is 0.700. The van der Waals surface area contributed by atoms with Gasteiger partial charge >= 0.3 is 0 Å². The lowest BCUT2D eigenvalue weighted by atomic mass is 10.3. The van der Waals surface area contributed by atoms with E-state index in [1.54, 1.807) is 11.3 Å². The molecule has 0 radical (unpaired) electrons. The second-order valence-electron chi connectivity index (χ2n) is 4.41. The van der Waals surface area contributed by atoms with Crippen LogP contribution >= 0.6 is 11.3 Å². The van der Waals surface area contributed by atoms with Gasteiger partial charge in [-0.1, -0.05) is 13.0 Å². The highest BCUT2D eigenvalue weighted by Crippen LogP contribution is 2.14. The van der Waals surface area contributed by atoms with Gasteiger partial charge in [-0.05, 0) is 31.2 Å². The van der Waals surface area contributed by atoms with Gasteiger partial charge < -0.3 is 10.6 Å². The number of nitrogens with one attached hydrogen (secondary N) is 2. The molecule has 0 amide bonds. The molecule has 2 aromatic heterocycles. The number of nitrogens with zero attached hydrogens (tertiary/aromatic N) is 2. The third kappa shape index (κ3) is 4.21. The molecular weight excluding hydrogens is 256 g/mol. The summed E-state index contributed by atoms with van der Waals surface area (Å²) in [5.41, 5.74) is 1.08. The number of aromatic nitrogens is 2. The minimum absolute atomic E-state index is 0.700. The van der Waals surface area contributed by atoms with Crippen molar-refractivity contribution in [3.8, 4) is 0 Å². The highest BCUT2D eigenvalue weighted by atomic mass is 32.1. The summed E-state index contributed by atoms with van der Waals surface area (Å²) in [4.78, 5) is 10.2. The molecule has 0 aliphatic heterocycles. The van der Waals surface area contributed by atoms with E-state index in [-0.39, 0.29) is 0 Å². The molecule has 2 heterocycles. The van der Waals surface area contributed by atoms with E-state index in [0.717, 1.165) is 37.3 Å². The first-order chi connectivity index (χ1) is 9.29. The SMILES string of the molecule is CCCNc1ncc(C)c(NCCc2cccs2)n1. The molecule has 0 saturated carbocycles. The number of hydrogen-bond donors (Lipinski definition) is 2. The van der Waals surface area contributed by atoms with Crippen molar-refractivity contribution in [3.05, 3.63) is 34.2 Å². The first kappa shape index (κ1) is 13.8. The van der Waals surface area contributed by atoms with E-state index in [2.05, 4.69) is 45.0 Å². The van der Waals surface area contributed by atoms with Gasteiger partial charge in [-0.2, -0.15) is 4.98 Å². The third-order valence-corrected chi connectivity index (χ3v) is 3.68. The Morgan fingerprint density at radius 1 is 1.26 bits per heavy atom. The molecule has 2 aromatic rings. The van der Waals surface area contributed by atoms with Crippen molar-refractivity contribution < 1.29 is 0 Å². The second-order valence-corrected chi connectivity index (χ2v) is 5.44. The fourth-order valence-electron chi connectivity index (χ4n) is 1.70. The summed E-state index contributed by atoms with van der Waals surface area (Å²) in [6, 6.07) is 4.25. The summed E-state index contributed by atoms with van der Waals surface area (Å²) in [6.45, 7) is 5.95. The van der Waals surface area contributed by atoms with Crippen molar-refractivity contribution in [1.82, 2.24) is 9.97 Å². The van der Waals surface area contributed by atoms with Gasteiger partial charge in [-0.3, -0.25) is 0 Å². The van der Waals surface area contributed by atoms with E-state index in [0.29, 0.717) is 5.95 Å². The Hall–Kier alpha value is -1.62. The van der Waals surface area contributed by atoms with Crippen LogP contribution in [-0.2, 0) is 6.42 Å². The molecule has 0 saturated heterocycles. The van der Waals surface area contributed by atoms with E-state index in [9.17, 15) is 0 Å². The fraction of sp³-hybridized carbons (Fsp3) is 0.429. The predicted molar refractivity (Wildman–Crippen MR) is 82.1 cm³/mol. The largest absolute Gasteiger partial charge is 0.369 e. The van der Waals surface area contributed by atoms with Crippen molar-refractivity contribution >= 4 is 23.1 Å². The first-order valence-corrected chi connectivity index (χ1v) is 7.51. The zero-order valence-electron chi connectivity index (χ0n) is 11.4. The van der Waals surface area contributed by atoms with Crippen LogP contribution in [0.15, 0.2) is 23.7 Å². The van der Waals surface area contributed by atoms with Crippen LogP contribution in [0.3, 0.4) is 0 Å². The Morgan fingerprint density at radius 2 is 2.16 bits per heavy atom. The van der Waals surface area contributed by atoms with Gasteiger partial charge in [0.1, 0.15) is 5.82 Å². The van der Waals surface area contributed by atoms with Crippen LogP contribution in [0.4, 0.5) is 11.8 Å². The summed E-state index contributed by atoms with van der Waals surface area (Å²) in [7, 11) is 0. The van der Waals surface area contributed by atoms with Gasteiger partial charge in [-0.15, -0.1) is 11.3 Å². The van der Waals surface area contributed by atoms with E-state index in [4.69, 9.17) is 0 Å². The lowest BCUT2D eigenvalue weighted by Gasteiger charge is -2.10. The Kier molecular flexibility index (Phi) is 5.15. The van der Waals surface area contributed by atoms with Crippen LogP contribution < -0.4 is 10.6 Å². The monoisotopic (exact) mass is 276 g/mol. The van der Waals surface area contributed by atoms with Gasteiger partial charge in [-0.25, -0.2) is 4.98 Å². The minimum Gasteiger partial charge on any atom is -0.369 e. The zero-order valence-corrected chi connectivity index (χ0v) is 12.3. The molecule has 19 heavy (non-hydrogen) atoms. The Morgan fingerprint density at radius 3 is 2.89 bits per heavy atom. The standard InChI is InChI=1S/C14H20N4S/c1-3-7-16-14-17-10-11(2)13(18-14)15-8-6-12-5-4-9-19-12/h4-5,9-10H,3,6-8H2,1-2H3,(H2,15,16,17,18). The highest BCUT2D eigenvalue weighted by molar-refractivity contribution is 7.09. The summed E-state index contributed by atoms with van der Waals surface area (Å²) in [5.74, 6) is 1.62. The van der Waals surface area contributed by atoms with Crippen molar-refractivity contribution in [1.29, 1.82) is 0 Å². The number of thiophene rings is 1. The Balaban J connectivity index is 1.90. The van der Waals surface area contributed by atoms with Gasteiger partial charge in [0.05, 0.1) is 0 Å². The first-order valence-electron chi connectivity index (χ1n) is 6.63. The van der Waals surface area contributed by atoms with Gasteiger partial charge in [0, 0.05) is 29.7 Å². The molecule has 0 bridgehead atoms. The topological polar surface area (TPSA) is 49.8 Å². The maximum absolute atomic E-state index is 4.50. The quantitative estimate of drug-likeness (QED) is 0.814. The molecule has 0 spiro atoms. The predicted octanol–water partition coefficient (Wildman–Crippen LogP) is 3.32. The van der Waals surface area contributed by atoms with Crippen LogP contribution in [0.5, 0.6) is 0 Å². The van der Waals surface area contributed by atoms with E-state index >= 15 is 0 Å². The van der Waals surface area contributed by atoms with Crippen LogP contribution in [0.1, 0.15) is 23.8 Å².